The van der Waals surface area contributed by atoms with Gasteiger partial charge in [-0.3, -0.25) is 9.59 Å². The van der Waals surface area contributed by atoms with Crippen LogP contribution >= 0.6 is 0 Å². The molecule has 2 N–H and O–H groups in total. The van der Waals surface area contributed by atoms with Crippen LogP contribution in [0.2, 0.25) is 0 Å². The molecule has 0 heterocycles. The Morgan fingerprint density at radius 3 is 2.26 bits per heavy atom. The van der Waals surface area contributed by atoms with Gasteiger partial charge in [-0.15, -0.1) is 0 Å². The van der Waals surface area contributed by atoms with E-state index >= 15 is 0 Å². The zero-order valence-electron chi connectivity index (χ0n) is 18.6. The summed E-state index contributed by atoms with van der Waals surface area (Å²) in [5, 5.41) is 5.28. The van der Waals surface area contributed by atoms with Crippen molar-refractivity contribution in [2.75, 3.05) is 19.0 Å². The van der Waals surface area contributed by atoms with Crippen molar-refractivity contribution in [3.8, 4) is 5.75 Å². The number of benzene rings is 3. The number of esters is 1. The first-order chi connectivity index (χ1) is 16.4. The minimum Gasteiger partial charge on any atom is -0.496 e. The topological polar surface area (TPSA) is 93.7 Å². The van der Waals surface area contributed by atoms with Gasteiger partial charge in [-0.1, -0.05) is 24.3 Å². The molecule has 0 saturated heterocycles. The van der Waals surface area contributed by atoms with E-state index in [0.717, 1.165) is 0 Å². The number of nitrogens with one attached hydrogen (secondary N) is 2. The summed E-state index contributed by atoms with van der Waals surface area (Å²) in [6, 6.07) is 18.2. The molecule has 34 heavy (non-hydrogen) atoms. The van der Waals surface area contributed by atoms with Crippen molar-refractivity contribution in [3.63, 3.8) is 0 Å². The molecule has 174 valence electrons. The minimum absolute atomic E-state index is 0.0722. The third-order valence-corrected chi connectivity index (χ3v) is 4.68. The molecule has 0 aromatic heterocycles. The summed E-state index contributed by atoms with van der Waals surface area (Å²) in [6.07, 6.45) is 1.43. The maximum atomic E-state index is 13.3. The van der Waals surface area contributed by atoms with Crippen LogP contribution < -0.4 is 15.4 Å². The van der Waals surface area contributed by atoms with E-state index in [1.54, 1.807) is 43.3 Å². The van der Waals surface area contributed by atoms with Gasteiger partial charge in [-0.25, -0.2) is 9.18 Å². The van der Waals surface area contributed by atoms with Crippen LogP contribution in [0.25, 0.3) is 6.08 Å². The molecule has 0 aliphatic heterocycles. The normalized spacial score (nSPS) is 10.9. The Labute approximate surface area is 196 Å². The number of rotatable bonds is 8. The fourth-order valence-corrected chi connectivity index (χ4v) is 3.01. The number of amides is 2. The fourth-order valence-electron chi connectivity index (χ4n) is 3.01. The lowest BCUT2D eigenvalue weighted by atomic mass is 10.1. The minimum atomic E-state index is -0.614. The average Bonchev–Trinajstić information content (AvgIpc) is 2.85. The van der Waals surface area contributed by atoms with Gasteiger partial charge in [0.25, 0.3) is 11.8 Å². The number of ether oxygens (including phenoxy) is 2. The van der Waals surface area contributed by atoms with E-state index in [2.05, 4.69) is 10.6 Å². The Balaban J connectivity index is 1.85. The SMILES string of the molecule is CCOC(=O)c1ccc(NC(=O)/C(=C\c2ccc(F)cc2)NC(=O)c2ccccc2OC)cc1. The summed E-state index contributed by atoms with van der Waals surface area (Å²) in [7, 11) is 1.44. The van der Waals surface area contributed by atoms with Crippen LogP contribution in [0.5, 0.6) is 5.75 Å². The highest BCUT2D eigenvalue weighted by atomic mass is 19.1. The molecule has 0 bridgehead atoms. The number of hydrogen-bond donors (Lipinski definition) is 2. The third-order valence-electron chi connectivity index (χ3n) is 4.68. The van der Waals surface area contributed by atoms with Crippen LogP contribution in [0, 0.1) is 5.82 Å². The van der Waals surface area contributed by atoms with E-state index in [9.17, 15) is 18.8 Å². The number of halogens is 1. The molecule has 8 heteroatoms. The Morgan fingerprint density at radius 2 is 1.62 bits per heavy atom. The predicted molar refractivity (Wildman–Crippen MR) is 126 cm³/mol. The van der Waals surface area contributed by atoms with Crippen molar-refractivity contribution in [1.29, 1.82) is 0 Å². The van der Waals surface area contributed by atoms with Crippen molar-refractivity contribution < 1.29 is 28.2 Å². The zero-order chi connectivity index (χ0) is 24.5. The summed E-state index contributed by atoms with van der Waals surface area (Å²) in [5.74, 6) is -1.73. The lowest BCUT2D eigenvalue weighted by Crippen LogP contribution is -2.31. The largest absolute Gasteiger partial charge is 0.496 e. The third kappa shape index (κ3) is 6.29. The van der Waals surface area contributed by atoms with Crippen LogP contribution in [0.1, 0.15) is 33.2 Å². The number of carbonyl (C=O) groups is 3. The van der Waals surface area contributed by atoms with Crippen LogP contribution in [0.4, 0.5) is 10.1 Å². The van der Waals surface area contributed by atoms with Crippen LogP contribution in [-0.4, -0.2) is 31.5 Å². The van der Waals surface area contributed by atoms with E-state index in [-0.39, 0.29) is 17.9 Å². The van der Waals surface area contributed by atoms with E-state index in [0.29, 0.717) is 22.6 Å². The van der Waals surface area contributed by atoms with Crippen molar-refractivity contribution in [2.45, 2.75) is 6.92 Å². The van der Waals surface area contributed by atoms with Gasteiger partial charge in [0.15, 0.2) is 0 Å². The van der Waals surface area contributed by atoms with E-state index in [1.165, 1.54) is 49.6 Å². The van der Waals surface area contributed by atoms with Crippen molar-refractivity contribution in [1.82, 2.24) is 5.32 Å². The monoisotopic (exact) mass is 462 g/mol. The Bertz CT molecular complexity index is 1200. The fraction of sp³-hybridized carbons (Fsp3) is 0.115. The molecule has 0 aliphatic rings. The molecule has 0 unspecified atom stereocenters. The van der Waals surface area contributed by atoms with Gasteiger partial charge in [0.05, 0.1) is 24.8 Å². The predicted octanol–water partition coefficient (Wildman–Crippen LogP) is 4.42. The Morgan fingerprint density at radius 1 is 0.941 bits per heavy atom. The van der Waals surface area contributed by atoms with E-state index in [4.69, 9.17) is 9.47 Å². The molecule has 2 amide bonds. The maximum absolute atomic E-state index is 13.3. The molecule has 0 aliphatic carbocycles. The lowest BCUT2D eigenvalue weighted by molar-refractivity contribution is -0.113. The molecule has 3 aromatic carbocycles. The van der Waals surface area contributed by atoms with Gasteiger partial charge < -0.3 is 20.1 Å². The molecule has 0 saturated carbocycles. The summed E-state index contributed by atoms with van der Waals surface area (Å²) in [5.41, 5.74) is 1.41. The highest BCUT2D eigenvalue weighted by Gasteiger charge is 2.18. The summed E-state index contributed by atoms with van der Waals surface area (Å²) < 4.78 is 23.5. The molecule has 0 fully saturated rings. The maximum Gasteiger partial charge on any atom is 0.338 e. The number of para-hydroxylation sites is 1. The molecule has 0 radical (unpaired) electrons. The van der Waals surface area contributed by atoms with Crippen molar-refractivity contribution in [2.24, 2.45) is 0 Å². The second-order valence-electron chi connectivity index (χ2n) is 7.02. The summed E-state index contributed by atoms with van der Waals surface area (Å²) >= 11 is 0. The first-order valence-corrected chi connectivity index (χ1v) is 10.4. The quantitative estimate of drug-likeness (QED) is 0.382. The second kappa shape index (κ2) is 11.4. The van der Waals surface area contributed by atoms with Crippen molar-refractivity contribution >= 4 is 29.5 Å². The first-order valence-electron chi connectivity index (χ1n) is 10.4. The van der Waals surface area contributed by atoms with Gasteiger partial charge >= 0.3 is 5.97 Å². The Hall–Kier alpha value is -4.46. The van der Waals surface area contributed by atoms with Gasteiger partial charge in [-0.2, -0.15) is 0 Å². The molecule has 3 rings (SSSR count). The van der Waals surface area contributed by atoms with Gasteiger partial charge in [-0.05, 0) is 67.1 Å². The highest BCUT2D eigenvalue weighted by molar-refractivity contribution is 6.11. The molecule has 3 aromatic rings. The van der Waals surface area contributed by atoms with E-state index < -0.39 is 23.6 Å². The number of carbonyl (C=O) groups excluding carboxylic acids is 3. The van der Waals surface area contributed by atoms with E-state index in [1.807, 2.05) is 0 Å². The van der Waals surface area contributed by atoms with Crippen LogP contribution in [-0.2, 0) is 9.53 Å². The van der Waals surface area contributed by atoms with Crippen LogP contribution in [0.3, 0.4) is 0 Å². The highest BCUT2D eigenvalue weighted by Crippen LogP contribution is 2.18. The smallest absolute Gasteiger partial charge is 0.338 e. The number of hydrogen-bond acceptors (Lipinski definition) is 5. The molecular weight excluding hydrogens is 439 g/mol. The lowest BCUT2D eigenvalue weighted by Gasteiger charge is -2.13. The number of anilines is 1. The first kappa shape index (κ1) is 24.2. The molecular formula is C26H23FN2O5. The molecule has 7 nitrogen and oxygen atoms in total. The average molecular weight is 462 g/mol. The zero-order valence-corrected chi connectivity index (χ0v) is 18.6. The van der Waals surface area contributed by atoms with Gasteiger partial charge in [0.1, 0.15) is 17.3 Å². The van der Waals surface area contributed by atoms with Gasteiger partial charge in [0.2, 0.25) is 0 Å². The summed E-state index contributed by atoms with van der Waals surface area (Å²) in [6.45, 7) is 1.96. The molecule has 0 atom stereocenters. The molecule has 0 spiro atoms. The van der Waals surface area contributed by atoms with Crippen LogP contribution in [0.15, 0.2) is 78.5 Å². The second-order valence-corrected chi connectivity index (χ2v) is 7.02. The van der Waals surface area contributed by atoms with Crippen molar-refractivity contribution in [3.05, 3.63) is 101 Å². The summed E-state index contributed by atoms with van der Waals surface area (Å²) in [4.78, 5) is 37.7. The van der Waals surface area contributed by atoms with Gasteiger partial charge in [0, 0.05) is 5.69 Å². The standard InChI is InChI=1S/C26H23FN2O5/c1-3-34-26(32)18-10-14-20(15-11-18)28-25(31)22(16-17-8-12-19(27)13-9-17)29-24(30)21-6-4-5-7-23(21)33-2/h4-16H,3H2,1-2H3,(H,28,31)(H,29,30)/b22-16+. The number of methoxy groups -OCH3 is 1. The Kier molecular flexibility index (Phi) is 8.12.